The van der Waals surface area contributed by atoms with Crippen LogP contribution in [0.15, 0.2) is 97.1 Å². The van der Waals surface area contributed by atoms with Gasteiger partial charge in [-0.2, -0.15) is 0 Å². The topological polar surface area (TPSA) is 141 Å². The van der Waals surface area contributed by atoms with Crippen LogP contribution in [0.25, 0.3) is 11.1 Å². The molecule has 0 aliphatic carbocycles. The van der Waals surface area contributed by atoms with Gasteiger partial charge in [0.25, 0.3) is 0 Å². The number of nitrogens with one attached hydrogen (secondary N) is 2. The monoisotopic (exact) mass is 727 g/mol. The number of likely N-dealkylation sites (tertiary alicyclic amines) is 1. The molecule has 6 rings (SSSR count). The maximum absolute atomic E-state index is 12.4. The summed E-state index contributed by atoms with van der Waals surface area (Å²) < 4.78 is 13.2. The van der Waals surface area contributed by atoms with Crippen molar-refractivity contribution in [2.75, 3.05) is 19.6 Å². The van der Waals surface area contributed by atoms with Crippen LogP contribution in [0.2, 0.25) is 5.02 Å². The highest BCUT2D eigenvalue weighted by molar-refractivity contribution is 6.30. The van der Waals surface area contributed by atoms with Crippen molar-refractivity contribution in [3.8, 4) is 11.1 Å². The van der Waals surface area contributed by atoms with Crippen molar-refractivity contribution in [3.63, 3.8) is 0 Å². The lowest BCUT2D eigenvalue weighted by molar-refractivity contribution is -0.253. The number of benzene rings is 4. The Balaban J connectivity index is 1.13. The summed E-state index contributed by atoms with van der Waals surface area (Å²) >= 11 is 6.09. The summed E-state index contributed by atoms with van der Waals surface area (Å²) in [5.74, 6) is -0.681. The van der Waals surface area contributed by atoms with E-state index in [4.69, 9.17) is 26.3 Å². The zero-order chi connectivity index (χ0) is 36.5. The minimum Gasteiger partial charge on any atom is -0.392 e. The third-order valence-electron chi connectivity index (χ3n) is 10.1. The van der Waals surface area contributed by atoms with E-state index in [1.807, 2.05) is 97.1 Å². The number of nitrogens with zero attached hydrogens (tertiary/aromatic N) is 1. The second-order valence-electron chi connectivity index (χ2n) is 13.6. The van der Waals surface area contributed by atoms with Gasteiger partial charge in [-0.3, -0.25) is 14.8 Å². The van der Waals surface area contributed by atoms with Gasteiger partial charge < -0.3 is 29.9 Å². The molecule has 0 saturated carbocycles. The van der Waals surface area contributed by atoms with Gasteiger partial charge in [0.05, 0.1) is 24.4 Å². The van der Waals surface area contributed by atoms with Gasteiger partial charge in [0.1, 0.15) is 0 Å². The van der Waals surface area contributed by atoms with Crippen LogP contribution in [0, 0.1) is 0 Å². The van der Waals surface area contributed by atoms with E-state index in [0.29, 0.717) is 43.8 Å². The number of aliphatic hydroxyl groups is 2. The first-order valence-electron chi connectivity index (χ1n) is 17.8. The molecule has 10 nitrogen and oxygen atoms in total. The van der Waals surface area contributed by atoms with Crippen molar-refractivity contribution in [1.82, 2.24) is 15.7 Å². The minimum absolute atomic E-state index is 0.0230. The number of carbonyl (C=O) groups excluding carboxylic acids is 2. The Morgan fingerprint density at radius 2 is 1.52 bits per heavy atom. The van der Waals surface area contributed by atoms with E-state index in [1.54, 1.807) is 5.48 Å². The van der Waals surface area contributed by atoms with Crippen molar-refractivity contribution in [2.24, 2.45) is 0 Å². The smallest absolute Gasteiger partial charge is 0.243 e. The summed E-state index contributed by atoms with van der Waals surface area (Å²) in [6.07, 6.45) is 1.56. The Morgan fingerprint density at radius 1 is 0.846 bits per heavy atom. The highest BCUT2D eigenvalue weighted by Crippen LogP contribution is 2.40. The van der Waals surface area contributed by atoms with Gasteiger partial charge in [-0.05, 0) is 64.8 Å². The molecule has 2 aliphatic rings. The summed E-state index contributed by atoms with van der Waals surface area (Å²) in [6.45, 7) is 2.48. The van der Waals surface area contributed by atoms with E-state index in [-0.39, 0.29) is 37.6 Å². The zero-order valence-electron chi connectivity index (χ0n) is 29.0. The van der Waals surface area contributed by atoms with Gasteiger partial charge in [-0.25, -0.2) is 5.48 Å². The van der Waals surface area contributed by atoms with Gasteiger partial charge in [-0.1, -0.05) is 96.5 Å². The fourth-order valence-electron chi connectivity index (χ4n) is 7.00. The second kappa shape index (κ2) is 17.6. The number of rotatable bonds is 13. The Morgan fingerprint density at radius 3 is 2.21 bits per heavy atom. The predicted octanol–water partition coefficient (Wildman–Crippen LogP) is 6.32. The van der Waals surface area contributed by atoms with Crippen molar-refractivity contribution in [1.29, 1.82) is 0 Å². The lowest BCUT2D eigenvalue weighted by Gasteiger charge is -2.42. The molecule has 0 unspecified atom stereocenters. The first-order chi connectivity index (χ1) is 25.2. The summed E-state index contributed by atoms with van der Waals surface area (Å²) in [5.41, 5.74) is 7.27. The van der Waals surface area contributed by atoms with Crippen LogP contribution in [0.1, 0.15) is 78.7 Å². The summed E-state index contributed by atoms with van der Waals surface area (Å²) in [4.78, 5) is 26.0. The van der Waals surface area contributed by atoms with Crippen LogP contribution in [0.3, 0.4) is 0 Å². The number of halogens is 1. The molecule has 0 aromatic heterocycles. The number of aliphatic hydroxyl groups excluding tert-OH is 1. The molecule has 4 aromatic rings. The molecule has 0 bridgehead atoms. The highest BCUT2D eigenvalue weighted by Gasteiger charge is 2.37. The highest BCUT2D eigenvalue weighted by atomic mass is 35.5. The van der Waals surface area contributed by atoms with Gasteiger partial charge in [0.15, 0.2) is 6.29 Å². The van der Waals surface area contributed by atoms with Gasteiger partial charge in [0, 0.05) is 56.0 Å². The van der Waals surface area contributed by atoms with Gasteiger partial charge in [-0.15, -0.1) is 0 Å². The molecule has 2 amide bonds. The lowest BCUT2D eigenvalue weighted by atomic mass is 9.84. The third-order valence-corrected chi connectivity index (χ3v) is 10.3. The average molecular weight is 728 g/mol. The number of amides is 2. The molecule has 2 aliphatic heterocycles. The largest absolute Gasteiger partial charge is 0.392 e. The first-order valence-corrected chi connectivity index (χ1v) is 18.2. The zero-order valence-corrected chi connectivity index (χ0v) is 29.8. The van der Waals surface area contributed by atoms with E-state index in [2.05, 4.69) is 10.2 Å². The molecular weight excluding hydrogens is 682 g/mol. The lowest BCUT2D eigenvalue weighted by Crippen LogP contribution is -2.46. The van der Waals surface area contributed by atoms with Gasteiger partial charge >= 0.3 is 0 Å². The number of hydroxylamine groups is 1. The molecule has 11 heteroatoms. The van der Waals surface area contributed by atoms with Crippen molar-refractivity contribution in [2.45, 2.75) is 75.8 Å². The summed E-state index contributed by atoms with van der Waals surface area (Å²) in [7, 11) is 0. The van der Waals surface area contributed by atoms with Crippen LogP contribution >= 0.6 is 11.6 Å². The average Bonchev–Trinajstić information content (AvgIpc) is 3.18. The van der Waals surface area contributed by atoms with Crippen LogP contribution in [0.5, 0.6) is 0 Å². The molecule has 3 atom stereocenters. The predicted molar refractivity (Wildman–Crippen MR) is 197 cm³/mol. The summed E-state index contributed by atoms with van der Waals surface area (Å²) in [6, 6.07) is 31.3. The van der Waals surface area contributed by atoms with Gasteiger partial charge in [0.2, 0.25) is 11.8 Å². The van der Waals surface area contributed by atoms with Crippen LogP contribution in [-0.2, 0) is 37.8 Å². The van der Waals surface area contributed by atoms with Crippen molar-refractivity contribution >= 4 is 23.4 Å². The number of ether oxygens (including phenoxy) is 2. The fraction of sp³-hybridized carbons (Fsp3) is 0.366. The van der Waals surface area contributed by atoms with E-state index < -0.39 is 17.8 Å². The van der Waals surface area contributed by atoms with Crippen LogP contribution in [0.4, 0.5) is 0 Å². The number of carbonyl (C=O) groups is 2. The normalized spacial score (nSPS) is 20.3. The maximum Gasteiger partial charge on any atom is 0.243 e. The standard InChI is InChI=1S/C41H46ClN3O7/c42-34-18-16-33(17-19-34)41(49)20-22-45(23-21-41)26-35-24-37(30-10-8-28(27-46)9-11-30)52-40(51-35)31-14-12-29(13-15-31)36-5-2-1-4-32(36)25-43-38(47)6-3-7-39(48)44-50/h1-2,4-5,8-19,35,37,40,46,49-50H,3,6-7,20-27H2,(H,43,47)(H,44,48)/t35-,37+,40+/m1/s1. The van der Waals surface area contributed by atoms with E-state index >= 15 is 0 Å². The quantitative estimate of drug-likeness (QED) is 0.0797. The molecule has 2 saturated heterocycles. The Bertz CT molecular complexity index is 1780. The van der Waals surface area contributed by atoms with E-state index in [1.165, 1.54) is 0 Å². The van der Waals surface area contributed by atoms with E-state index in [0.717, 1.165) is 52.0 Å². The molecule has 0 radical (unpaired) electrons. The molecule has 0 spiro atoms. The minimum atomic E-state index is -0.886. The Hall–Kier alpha value is -4.13. The van der Waals surface area contributed by atoms with Crippen molar-refractivity contribution in [3.05, 3.63) is 130 Å². The van der Waals surface area contributed by atoms with E-state index in [9.17, 15) is 19.8 Å². The SMILES string of the molecule is O=C(CCCC(=O)NCc1ccccc1-c1ccc([C@H]2O[C@@H](CN3CCC(O)(c4ccc(Cl)cc4)CC3)C[C@@H](c3ccc(CO)cc3)O2)cc1)NO. The fourth-order valence-corrected chi connectivity index (χ4v) is 7.12. The number of hydrogen-bond acceptors (Lipinski definition) is 8. The van der Waals surface area contributed by atoms with Crippen molar-refractivity contribution < 1.29 is 34.5 Å². The molecule has 2 fully saturated rings. The first kappa shape index (κ1) is 37.6. The second-order valence-corrected chi connectivity index (χ2v) is 14.1. The summed E-state index contributed by atoms with van der Waals surface area (Å²) in [5, 5.41) is 33.3. The Kier molecular flexibility index (Phi) is 12.7. The van der Waals surface area contributed by atoms with Crippen LogP contribution in [-0.4, -0.2) is 57.9 Å². The maximum atomic E-state index is 12.4. The molecule has 2 heterocycles. The molecule has 274 valence electrons. The molecular formula is C41H46ClN3O7. The molecule has 52 heavy (non-hydrogen) atoms. The number of hydrogen-bond donors (Lipinski definition) is 5. The van der Waals surface area contributed by atoms with Crippen LogP contribution < -0.4 is 10.8 Å². The number of piperidine rings is 1. The molecule has 4 aromatic carbocycles. The Labute approximate surface area is 309 Å². The molecule has 5 N–H and O–H groups in total. The third kappa shape index (κ3) is 9.64.